The average Bonchev–Trinajstić information content (AvgIpc) is 2.75. The number of nitrogen functional groups attached to an aromatic ring is 1. The number of ether oxygens (including phenoxy) is 1. The zero-order valence-electron chi connectivity index (χ0n) is 16.5. The third-order valence-corrected chi connectivity index (χ3v) is 5.12. The molecule has 0 radical (unpaired) electrons. The van der Waals surface area contributed by atoms with Crippen molar-refractivity contribution in [1.82, 2.24) is 15.3 Å². The molecule has 1 aromatic heterocycles. The van der Waals surface area contributed by atoms with Crippen LogP contribution in [-0.2, 0) is 0 Å². The summed E-state index contributed by atoms with van der Waals surface area (Å²) in [4.78, 5) is 8.54. The number of hydrogen-bond acceptors (Lipinski definition) is 7. The Hall–Kier alpha value is -2.87. The van der Waals surface area contributed by atoms with E-state index >= 15 is 0 Å². The fourth-order valence-corrected chi connectivity index (χ4v) is 3.49. The summed E-state index contributed by atoms with van der Waals surface area (Å²) in [6.45, 7) is 2.15. The van der Waals surface area contributed by atoms with Crippen molar-refractivity contribution >= 4 is 24.0 Å². The van der Waals surface area contributed by atoms with Crippen molar-refractivity contribution in [1.29, 1.82) is 0 Å². The van der Waals surface area contributed by atoms with Crippen molar-refractivity contribution in [3.05, 3.63) is 60.9 Å². The fraction of sp³-hybridized carbons (Fsp3) is 0.273. The summed E-state index contributed by atoms with van der Waals surface area (Å²) in [5.41, 5.74) is 7.82. The van der Waals surface area contributed by atoms with Gasteiger partial charge in [-0.15, -0.1) is 12.4 Å². The smallest absolute Gasteiger partial charge is 0.139 e. The molecule has 0 unspecified atom stereocenters. The maximum atomic E-state index is 10.2. The van der Waals surface area contributed by atoms with Gasteiger partial charge in [0, 0.05) is 19.0 Å². The number of para-hydroxylation sites is 1. The first kappa shape index (κ1) is 21.8. The van der Waals surface area contributed by atoms with Gasteiger partial charge in [-0.3, -0.25) is 0 Å². The molecular weight excluding hydrogens is 402 g/mol. The topological polar surface area (TPSA) is 105 Å². The number of nitrogens with two attached hydrogens (primary N) is 1. The molecule has 1 fully saturated rings. The largest absolute Gasteiger partial charge is 0.457 e. The highest BCUT2D eigenvalue weighted by molar-refractivity contribution is 5.85. The summed E-state index contributed by atoms with van der Waals surface area (Å²) in [5, 5.41) is 16.7. The van der Waals surface area contributed by atoms with Crippen LogP contribution in [0.15, 0.2) is 60.9 Å². The minimum absolute atomic E-state index is 0. The Labute approximate surface area is 182 Å². The van der Waals surface area contributed by atoms with Gasteiger partial charge in [-0.2, -0.15) is 0 Å². The molecule has 8 heteroatoms. The van der Waals surface area contributed by atoms with Gasteiger partial charge in [-0.05, 0) is 42.8 Å². The number of benzene rings is 2. The minimum Gasteiger partial charge on any atom is -0.457 e. The van der Waals surface area contributed by atoms with E-state index in [-0.39, 0.29) is 24.4 Å². The standard InChI is InChI=1S/C22H25N5O2.ClH/c23-21-20(15-6-8-18(9-7-15)29-17-4-2-1-3-5-17)22(27-14-26-21)25-12-16-10-11-24-13-19(16)28;/h1-9,14,16,19,24,28H,10-13H2,(H3,23,25,26,27);1H/t16-,19+;/m0./s1. The monoisotopic (exact) mass is 427 g/mol. The van der Waals surface area contributed by atoms with Gasteiger partial charge in [0.15, 0.2) is 0 Å². The van der Waals surface area contributed by atoms with Gasteiger partial charge in [0.05, 0.1) is 11.7 Å². The Morgan fingerprint density at radius 3 is 2.53 bits per heavy atom. The van der Waals surface area contributed by atoms with Crippen LogP contribution in [0.3, 0.4) is 0 Å². The highest BCUT2D eigenvalue weighted by atomic mass is 35.5. The van der Waals surface area contributed by atoms with Gasteiger partial charge in [0.2, 0.25) is 0 Å². The number of aliphatic hydroxyl groups is 1. The third kappa shape index (κ3) is 5.18. The number of halogens is 1. The lowest BCUT2D eigenvalue weighted by molar-refractivity contribution is 0.0883. The average molecular weight is 428 g/mol. The lowest BCUT2D eigenvalue weighted by Crippen LogP contribution is -2.43. The summed E-state index contributed by atoms with van der Waals surface area (Å²) in [6.07, 6.45) is 2.00. The van der Waals surface area contributed by atoms with Crippen molar-refractivity contribution in [2.45, 2.75) is 12.5 Å². The second-order valence-corrected chi connectivity index (χ2v) is 7.12. The molecule has 7 nitrogen and oxygen atoms in total. The number of aromatic nitrogens is 2. The quantitative estimate of drug-likeness (QED) is 0.478. The molecule has 0 spiro atoms. The SMILES string of the molecule is Cl.Nc1ncnc(NC[C@@H]2CCNC[C@H]2O)c1-c1ccc(Oc2ccccc2)cc1. The number of nitrogens with zero attached hydrogens (tertiary/aromatic N) is 2. The summed E-state index contributed by atoms with van der Waals surface area (Å²) in [7, 11) is 0. The maximum Gasteiger partial charge on any atom is 0.139 e. The maximum absolute atomic E-state index is 10.2. The van der Waals surface area contributed by atoms with E-state index in [0.717, 1.165) is 35.6 Å². The third-order valence-electron chi connectivity index (χ3n) is 5.12. The van der Waals surface area contributed by atoms with Gasteiger partial charge < -0.3 is 26.2 Å². The van der Waals surface area contributed by atoms with Crippen molar-refractivity contribution in [3.8, 4) is 22.6 Å². The number of anilines is 2. The Bertz CT molecular complexity index is 940. The van der Waals surface area contributed by atoms with E-state index < -0.39 is 0 Å². The molecule has 0 amide bonds. The molecule has 0 saturated carbocycles. The molecule has 1 saturated heterocycles. The molecular formula is C22H26ClN5O2. The van der Waals surface area contributed by atoms with Crippen LogP contribution < -0.4 is 21.1 Å². The summed E-state index contributed by atoms with van der Waals surface area (Å²) in [6, 6.07) is 17.3. The first-order chi connectivity index (χ1) is 14.2. The Morgan fingerprint density at radius 1 is 1.07 bits per heavy atom. The molecule has 0 bridgehead atoms. The number of aliphatic hydroxyl groups excluding tert-OH is 1. The van der Waals surface area contributed by atoms with Gasteiger partial charge >= 0.3 is 0 Å². The number of β-amino-alcohol motifs (C(OH)–C–C–N with tert-alkyl or cyclic N) is 1. The van der Waals surface area contributed by atoms with Crippen LogP contribution in [0, 0.1) is 5.92 Å². The molecule has 4 rings (SSSR count). The van der Waals surface area contributed by atoms with E-state index in [2.05, 4.69) is 20.6 Å². The molecule has 1 aliphatic rings. The molecule has 2 heterocycles. The van der Waals surface area contributed by atoms with Crippen LogP contribution in [0.4, 0.5) is 11.6 Å². The van der Waals surface area contributed by atoms with Crippen LogP contribution in [0.25, 0.3) is 11.1 Å². The summed E-state index contributed by atoms with van der Waals surface area (Å²) >= 11 is 0. The number of rotatable bonds is 6. The molecule has 158 valence electrons. The van der Waals surface area contributed by atoms with Crippen molar-refractivity contribution in [3.63, 3.8) is 0 Å². The predicted octanol–water partition coefficient (Wildman–Crippen LogP) is 3.32. The first-order valence-corrected chi connectivity index (χ1v) is 9.77. The lowest BCUT2D eigenvalue weighted by Gasteiger charge is -2.28. The molecule has 1 aliphatic heterocycles. The summed E-state index contributed by atoms with van der Waals surface area (Å²) < 4.78 is 5.86. The fourth-order valence-electron chi connectivity index (χ4n) is 3.49. The van der Waals surface area contributed by atoms with Crippen molar-refractivity contribution in [2.24, 2.45) is 5.92 Å². The zero-order valence-corrected chi connectivity index (χ0v) is 17.3. The van der Waals surface area contributed by atoms with E-state index in [1.54, 1.807) is 0 Å². The Balaban J connectivity index is 0.00000256. The van der Waals surface area contributed by atoms with Gasteiger partial charge in [0.25, 0.3) is 0 Å². The highest BCUT2D eigenvalue weighted by Crippen LogP contribution is 2.33. The highest BCUT2D eigenvalue weighted by Gasteiger charge is 2.23. The normalized spacial score (nSPS) is 18.3. The molecule has 2 aromatic carbocycles. The van der Waals surface area contributed by atoms with Gasteiger partial charge in [0.1, 0.15) is 29.5 Å². The van der Waals surface area contributed by atoms with Crippen molar-refractivity contribution < 1.29 is 9.84 Å². The minimum atomic E-state index is -0.367. The van der Waals surface area contributed by atoms with E-state index in [1.807, 2.05) is 54.6 Å². The molecule has 2 atom stereocenters. The Morgan fingerprint density at radius 2 is 1.80 bits per heavy atom. The molecule has 0 aliphatic carbocycles. The lowest BCUT2D eigenvalue weighted by atomic mass is 9.95. The van der Waals surface area contributed by atoms with Gasteiger partial charge in [-0.1, -0.05) is 30.3 Å². The Kier molecular flexibility index (Phi) is 7.46. The van der Waals surface area contributed by atoms with E-state index in [4.69, 9.17) is 10.5 Å². The summed E-state index contributed by atoms with van der Waals surface area (Å²) in [5.74, 6) is 2.76. The van der Waals surface area contributed by atoms with Crippen LogP contribution in [-0.4, -0.2) is 40.8 Å². The van der Waals surface area contributed by atoms with Crippen LogP contribution >= 0.6 is 12.4 Å². The van der Waals surface area contributed by atoms with Crippen LogP contribution in [0.5, 0.6) is 11.5 Å². The van der Waals surface area contributed by atoms with Crippen LogP contribution in [0.1, 0.15) is 6.42 Å². The molecule has 30 heavy (non-hydrogen) atoms. The van der Waals surface area contributed by atoms with Crippen LogP contribution in [0.2, 0.25) is 0 Å². The second kappa shape index (κ2) is 10.2. The molecule has 5 N–H and O–H groups in total. The zero-order chi connectivity index (χ0) is 20.1. The predicted molar refractivity (Wildman–Crippen MR) is 121 cm³/mol. The van der Waals surface area contributed by atoms with E-state index in [1.165, 1.54) is 6.33 Å². The first-order valence-electron chi connectivity index (χ1n) is 9.77. The second-order valence-electron chi connectivity index (χ2n) is 7.12. The van der Waals surface area contributed by atoms with Gasteiger partial charge in [-0.25, -0.2) is 9.97 Å². The number of hydrogen-bond donors (Lipinski definition) is 4. The van der Waals surface area contributed by atoms with E-state index in [9.17, 15) is 5.11 Å². The van der Waals surface area contributed by atoms with Crippen molar-refractivity contribution in [2.75, 3.05) is 30.7 Å². The number of nitrogens with one attached hydrogen (secondary N) is 2. The molecule has 3 aromatic rings. The van der Waals surface area contributed by atoms with E-state index in [0.29, 0.717) is 24.7 Å². The number of piperidine rings is 1.